The van der Waals surface area contributed by atoms with Gasteiger partial charge in [-0.2, -0.15) is 13.2 Å². The van der Waals surface area contributed by atoms with Gasteiger partial charge in [-0.25, -0.2) is 9.97 Å². The van der Waals surface area contributed by atoms with Crippen LogP contribution in [0.25, 0.3) is 0 Å². The Labute approximate surface area is 95.6 Å². The summed E-state index contributed by atoms with van der Waals surface area (Å²) in [6.45, 7) is 0.196. The second-order valence-electron chi connectivity index (χ2n) is 3.15. The van der Waals surface area contributed by atoms with E-state index in [1.54, 1.807) is 0 Å². The molecular weight excluding hydrogens is 245 g/mol. The molecule has 0 saturated carbocycles. The number of aromatic nitrogens is 2. The molecule has 90 valence electrons. The standard InChI is InChI=1S/C9H10ClF3N2O/c1-16-5-6-4-7(10)15-8(14-6)2-3-9(11,12)13/h4H,2-3,5H2,1H3. The lowest BCUT2D eigenvalue weighted by molar-refractivity contribution is -0.134. The number of hydrogen-bond acceptors (Lipinski definition) is 3. The van der Waals surface area contributed by atoms with E-state index in [2.05, 4.69) is 9.97 Å². The van der Waals surface area contributed by atoms with Gasteiger partial charge in [-0.3, -0.25) is 0 Å². The highest BCUT2D eigenvalue weighted by Crippen LogP contribution is 2.21. The lowest BCUT2D eigenvalue weighted by Crippen LogP contribution is -2.11. The summed E-state index contributed by atoms with van der Waals surface area (Å²) in [5, 5.41) is 0.124. The summed E-state index contributed by atoms with van der Waals surface area (Å²) in [4.78, 5) is 7.62. The fraction of sp³-hybridized carbons (Fsp3) is 0.556. The third-order valence-corrected chi connectivity index (χ3v) is 1.91. The van der Waals surface area contributed by atoms with Crippen molar-refractivity contribution in [3.63, 3.8) is 0 Å². The van der Waals surface area contributed by atoms with Gasteiger partial charge in [-0.15, -0.1) is 0 Å². The first-order valence-corrected chi connectivity index (χ1v) is 4.86. The Balaban J connectivity index is 2.72. The summed E-state index contributed by atoms with van der Waals surface area (Å²) in [6, 6.07) is 1.46. The fourth-order valence-corrected chi connectivity index (χ4v) is 1.33. The van der Waals surface area contributed by atoms with E-state index in [4.69, 9.17) is 16.3 Å². The molecule has 3 nitrogen and oxygen atoms in total. The average molecular weight is 255 g/mol. The average Bonchev–Trinajstić information content (AvgIpc) is 2.13. The van der Waals surface area contributed by atoms with Crippen molar-refractivity contribution in [1.29, 1.82) is 0 Å². The number of methoxy groups -OCH3 is 1. The van der Waals surface area contributed by atoms with E-state index in [1.165, 1.54) is 13.2 Å². The quantitative estimate of drug-likeness (QED) is 0.775. The van der Waals surface area contributed by atoms with Crippen LogP contribution in [0.15, 0.2) is 6.07 Å². The smallest absolute Gasteiger partial charge is 0.378 e. The van der Waals surface area contributed by atoms with Gasteiger partial charge in [0.15, 0.2) is 0 Å². The van der Waals surface area contributed by atoms with E-state index in [-0.39, 0.29) is 24.0 Å². The normalized spacial score (nSPS) is 11.8. The fourth-order valence-electron chi connectivity index (χ4n) is 1.10. The number of nitrogens with zero attached hydrogens (tertiary/aromatic N) is 2. The Morgan fingerprint density at radius 1 is 1.38 bits per heavy atom. The van der Waals surface area contributed by atoms with E-state index >= 15 is 0 Å². The predicted molar refractivity (Wildman–Crippen MR) is 52.1 cm³/mol. The molecule has 0 amide bonds. The van der Waals surface area contributed by atoms with Gasteiger partial charge in [0.2, 0.25) is 0 Å². The third-order valence-electron chi connectivity index (χ3n) is 1.72. The molecule has 0 aliphatic rings. The molecule has 0 atom stereocenters. The van der Waals surface area contributed by atoms with Gasteiger partial charge >= 0.3 is 6.18 Å². The molecule has 0 spiro atoms. The van der Waals surface area contributed by atoms with Gasteiger partial charge in [0.05, 0.1) is 18.7 Å². The minimum atomic E-state index is -4.22. The van der Waals surface area contributed by atoms with Crippen molar-refractivity contribution < 1.29 is 17.9 Å². The molecule has 1 aromatic rings. The number of alkyl halides is 3. The zero-order chi connectivity index (χ0) is 12.2. The van der Waals surface area contributed by atoms with Gasteiger partial charge in [-0.05, 0) is 6.07 Å². The van der Waals surface area contributed by atoms with Crippen LogP contribution in [0.3, 0.4) is 0 Å². The molecule has 0 N–H and O–H groups in total. The van der Waals surface area contributed by atoms with Crippen LogP contribution >= 0.6 is 11.6 Å². The van der Waals surface area contributed by atoms with Crippen LogP contribution in [0.5, 0.6) is 0 Å². The highest BCUT2D eigenvalue weighted by Gasteiger charge is 2.27. The minimum absolute atomic E-state index is 0.0804. The zero-order valence-corrected chi connectivity index (χ0v) is 9.27. The van der Waals surface area contributed by atoms with Gasteiger partial charge < -0.3 is 4.74 Å². The predicted octanol–water partition coefficient (Wildman–Crippen LogP) is 2.77. The molecular formula is C9H10ClF3N2O. The Morgan fingerprint density at radius 3 is 2.62 bits per heavy atom. The van der Waals surface area contributed by atoms with Crippen molar-refractivity contribution in [3.05, 3.63) is 22.7 Å². The molecule has 7 heteroatoms. The molecule has 16 heavy (non-hydrogen) atoms. The molecule has 0 fully saturated rings. The summed E-state index contributed by atoms with van der Waals surface area (Å²) in [6.07, 6.45) is -5.45. The van der Waals surface area contributed by atoms with Gasteiger partial charge in [-0.1, -0.05) is 11.6 Å². The van der Waals surface area contributed by atoms with E-state index < -0.39 is 12.6 Å². The number of ether oxygens (including phenoxy) is 1. The van der Waals surface area contributed by atoms with Crippen LogP contribution in [-0.4, -0.2) is 23.3 Å². The van der Waals surface area contributed by atoms with E-state index in [0.29, 0.717) is 5.69 Å². The van der Waals surface area contributed by atoms with Crippen LogP contribution in [-0.2, 0) is 17.8 Å². The van der Waals surface area contributed by atoms with Crippen LogP contribution < -0.4 is 0 Å². The molecule has 0 aliphatic carbocycles. The first-order chi connectivity index (χ1) is 7.40. The molecule has 1 heterocycles. The Kier molecular flexibility index (Phi) is 4.49. The van der Waals surface area contributed by atoms with Gasteiger partial charge in [0, 0.05) is 13.5 Å². The van der Waals surface area contributed by atoms with Crippen LogP contribution in [0.2, 0.25) is 5.15 Å². The third kappa shape index (κ3) is 4.76. The van der Waals surface area contributed by atoms with Crippen LogP contribution in [0.1, 0.15) is 17.9 Å². The van der Waals surface area contributed by atoms with Crippen molar-refractivity contribution in [2.75, 3.05) is 7.11 Å². The summed E-state index contributed by atoms with van der Waals surface area (Å²) >= 11 is 5.65. The second kappa shape index (κ2) is 5.45. The van der Waals surface area contributed by atoms with Crippen LogP contribution in [0, 0.1) is 0 Å². The lowest BCUT2D eigenvalue weighted by Gasteiger charge is -2.06. The largest absolute Gasteiger partial charge is 0.389 e. The van der Waals surface area contributed by atoms with E-state index in [9.17, 15) is 13.2 Å². The minimum Gasteiger partial charge on any atom is -0.378 e. The number of aryl methyl sites for hydroxylation is 1. The highest BCUT2D eigenvalue weighted by molar-refractivity contribution is 6.29. The van der Waals surface area contributed by atoms with Crippen molar-refractivity contribution in [2.24, 2.45) is 0 Å². The molecule has 0 bridgehead atoms. The second-order valence-corrected chi connectivity index (χ2v) is 3.53. The lowest BCUT2D eigenvalue weighted by atomic mass is 10.3. The Hall–Kier alpha value is -0.880. The van der Waals surface area contributed by atoms with Gasteiger partial charge in [0.25, 0.3) is 0 Å². The molecule has 0 aromatic carbocycles. The number of halogens is 4. The van der Waals surface area contributed by atoms with Crippen molar-refractivity contribution in [2.45, 2.75) is 25.6 Å². The molecule has 0 radical (unpaired) electrons. The topological polar surface area (TPSA) is 35.0 Å². The highest BCUT2D eigenvalue weighted by atomic mass is 35.5. The van der Waals surface area contributed by atoms with Crippen molar-refractivity contribution >= 4 is 11.6 Å². The molecule has 0 saturated heterocycles. The SMILES string of the molecule is COCc1cc(Cl)nc(CCC(F)(F)F)n1. The van der Waals surface area contributed by atoms with Crippen molar-refractivity contribution in [3.8, 4) is 0 Å². The maximum atomic E-state index is 12.0. The Morgan fingerprint density at radius 2 is 2.06 bits per heavy atom. The van der Waals surface area contributed by atoms with E-state index in [0.717, 1.165) is 0 Å². The summed E-state index contributed by atoms with van der Waals surface area (Å²) in [7, 11) is 1.46. The maximum absolute atomic E-state index is 12.0. The summed E-state index contributed by atoms with van der Waals surface area (Å²) in [5.74, 6) is 0.0804. The van der Waals surface area contributed by atoms with Gasteiger partial charge in [0.1, 0.15) is 11.0 Å². The van der Waals surface area contributed by atoms with Crippen molar-refractivity contribution in [1.82, 2.24) is 9.97 Å². The maximum Gasteiger partial charge on any atom is 0.389 e. The molecule has 1 rings (SSSR count). The summed E-state index contributed by atoms with van der Waals surface area (Å²) in [5.41, 5.74) is 0.472. The van der Waals surface area contributed by atoms with E-state index in [1.807, 2.05) is 0 Å². The summed E-state index contributed by atoms with van der Waals surface area (Å²) < 4.78 is 40.7. The Bertz CT molecular complexity index is 357. The van der Waals surface area contributed by atoms with Crippen LogP contribution in [0.4, 0.5) is 13.2 Å². The first kappa shape index (κ1) is 13.2. The number of rotatable bonds is 4. The molecule has 0 unspecified atom stereocenters. The first-order valence-electron chi connectivity index (χ1n) is 4.49. The number of hydrogen-bond donors (Lipinski definition) is 0. The molecule has 1 aromatic heterocycles. The molecule has 0 aliphatic heterocycles. The monoisotopic (exact) mass is 254 g/mol. The zero-order valence-electron chi connectivity index (χ0n) is 8.51.